The largest absolute Gasteiger partial charge is 0.497 e. The van der Waals surface area contributed by atoms with Crippen molar-refractivity contribution in [2.24, 2.45) is 0 Å². The number of carbonyl (C=O) groups is 4. The zero-order chi connectivity index (χ0) is 37.0. The normalized spacial score (nSPS) is 14.0. The van der Waals surface area contributed by atoms with Crippen molar-refractivity contribution in [3.05, 3.63) is 69.7 Å². The quantitative estimate of drug-likeness (QED) is 0.116. The summed E-state index contributed by atoms with van der Waals surface area (Å²) < 4.78 is 48.2. The van der Waals surface area contributed by atoms with Crippen molar-refractivity contribution in [2.75, 3.05) is 66.2 Å². The lowest BCUT2D eigenvalue weighted by Gasteiger charge is -2.15. The van der Waals surface area contributed by atoms with E-state index >= 15 is 0 Å². The van der Waals surface area contributed by atoms with Gasteiger partial charge in [-0.25, -0.2) is 19.4 Å². The minimum atomic E-state index is -3.28. The second-order valence-corrected chi connectivity index (χ2v) is 13.8. The molecule has 51 heavy (non-hydrogen) atoms. The average molecular weight is 749 g/mol. The molecule has 2 aromatic carbocycles. The maximum absolute atomic E-state index is 12.8. The van der Waals surface area contributed by atoms with Crippen molar-refractivity contribution in [3.8, 4) is 11.5 Å². The van der Waals surface area contributed by atoms with Crippen LogP contribution in [0.4, 0.5) is 14.7 Å². The molecule has 0 saturated carbocycles. The molecule has 1 aromatic heterocycles. The minimum absolute atomic E-state index is 0.0241. The Morgan fingerprint density at radius 1 is 0.843 bits per heavy atom. The lowest BCUT2D eigenvalue weighted by molar-refractivity contribution is 0.0600. The molecule has 2 aliphatic heterocycles. The number of cyclic esters (lactones) is 2. The first-order chi connectivity index (χ1) is 24.5. The van der Waals surface area contributed by atoms with E-state index in [0.717, 1.165) is 11.1 Å². The van der Waals surface area contributed by atoms with E-state index in [1.807, 2.05) is 0 Å². The molecule has 18 heteroatoms. The first-order valence-corrected chi connectivity index (χ1v) is 18.5. The van der Waals surface area contributed by atoms with Crippen LogP contribution in [-0.4, -0.2) is 99.7 Å². The summed E-state index contributed by atoms with van der Waals surface area (Å²) in [4.78, 5) is 54.9. The van der Waals surface area contributed by atoms with Gasteiger partial charge < -0.3 is 42.5 Å². The standard InChI is InChI=1S/C20H26N3O7PS.C13H15NO5/c1-4-29-31(26,30-5-2)12-16-13-32-19(21-16)22-18(24)15-8-14(9-17(10-15)27-3)11-23-6-7-28-20(23)25;1-17-11-6-9(5-10(7-11)12(15)18-2)8-14-3-4-19-13(14)16/h8-10,13H,4-7,11-12H2,1-3H3,(H,21,22,24);5-7H,3-4,8H2,1-2H3. The third-order valence-electron chi connectivity index (χ3n) is 7.30. The number of nitrogens with zero attached hydrogens (tertiary/aromatic N) is 3. The monoisotopic (exact) mass is 748 g/mol. The highest BCUT2D eigenvalue weighted by atomic mass is 32.1. The van der Waals surface area contributed by atoms with E-state index in [2.05, 4.69) is 15.0 Å². The molecule has 2 saturated heterocycles. The van der Waals surface area contributed by atoms with Crippen LogP contribution in [0.2, 0.25) is 0 Å². The molecule has 16 nitrogen and oxygen atoms in total. The maximum Gasteiger partial charge on any atom is 0.410 e. The van der Waals surface area contributed by atoms with Gasteiger partial charge >= 0.3 is 25.8 Å². The predicted molar refractivity (Wildman–Crippen MR) is 185 cm³/mol. The van der Waals surface area contributed by atoms with E-state index in [0.29, 0.717) is 72.8 Å². The number of aromatic nitrogens is 1. The molecule has 5 rings (SSSR count). The second kappa shape index (κ2) is 18.5. The van der Waals surface area contributed by atoms with Crippen molar-refractivity contribution >= 4 is 48.1 Å². The number of amides is 3. The van der Waals surface area contributed by atoms with Gasteiger partial charge in [0.15, 0.2) is 5.13 Å². The number of hydrogen-bond donors (Lipinski definition) is 1. The second-order valence-electron chi connectivity index (χ2n) is 10.9. The molecule has 0 bridgehead atoms. The van der Waals surface area contributed by atoms with Gasteiger partial charge in [0, 0.05) is 24.0 Å². The SMILES string of the molecule is CCOP(=O)(Cc1csc(NC(=O)c2cc(CN3CCOC3=O)cc(OC)c2)n1)OCC.COC(=O)c1cc(CN2CCOC2=O)cc(OC)c1. The van der Waals surface area contributed by atoms with E-state index < -0.39 is 13.6 Å². The van der Waals surface area contributed by atoms with Gasteiger partial charge in [0.25, 0.3) is 5.91 Å². The highest BCUT2D eigenvalue weighted by molar-refractivity contribution is 7.53. The van der Waals surface area contributed by atoms with E-state index in [1.54, 1.807) is 65.4 Å². The molecule has 276 valence electrons. The molecular weight excluding hydrogens is 707 g/mol. The van der Waals surface area contributed by atoms with Gasteiger partial charge in [-0.05, 0) is 61.4 Å². The smallest absolute Gasteiger partial charge is 0.410 e. The fourth-order valence-electron chi connectivity index (χ4n) is 5.01. The third-order valence-corrected chi connectivity index (χ3v) is 10.1. The van der Waals surface area contributed by atoms with Gasteiger partial charge in [-0.15, -0.1) is 11.3 Å². The number of rotatable bonds is 15. The number of anilines is 1. The number of ether oxygens (including phenoxy) is 5. The van der Waals surface area contributed by atoms with Crippen molar-refractivity contribution in [1.82, 2.24) is 14.8 Å². The number of benzene rings is 2. The van der Waals surface area contributed by atoms with Crippen LogP contribution in [-0.2, 0) is 47.1 Å². The van der Waals surface area contributed by atoms with Crippen LogP contribution in [0, 0.1) is 0 Å². The summed E-state index contributed by atoms with van der Waals surface area (Å²) >= 11 is 1.21. The molecule has 1 N–H and O–H groups in total. The maximum atomic E-state index is 12.8. The molecule has 0 spiro atoms. The first kappa shape index (κ1) is 39.1. The summed E-state index contributed by atoms with van der Waals surface area (Å²) in [5.41, 5.74) is 2.79. The Kier molecular flexibility index (Phi) is 14.2. The number of hydrogen-bond acceptors (Lipinski definition) is 14. The Balaban J connectivity index is 0.000000261. The van der Waals surface area contributed by atoms with Gasteiger partial charge in [0.2, 0.25) is 0 Å². The van der Waals surface area contributed by atoms with E-state index in [9.17, 15) is 23.7 Å². The lowest BCUT2D eigenvalue weighted by atomic mass is 10.1. The molecule has 2 fully saturated rings. The summed E-state index contributed by atoms with van der Waals surface area (Å²) in [5, 5.41) is 4.81. The van der Waals surface area contributed by atoms with Crippen LogP contribution in [0.25, 0.3) is 0 Å². The molecule has 2 aliphatic rings. The van der Waals surface area contributed by atoms with Crippen LogP contribution < -0.4 is 14.8 Å². The number of methoxy groups -OCH3 is 3. The third kappa shape index (κ3) is 11.1. The summed E-state index contributed by atoms with van der Waals surface area (Å²) in [5.74, 6) is 0.219. The topological polar surface area (TPSA) is 181 Å². The summed E-state index contributed by atoms with van der Waals surface area (Å²) in [6.07, 6.45) is -0.705. The highest BCUT2D eigenvalue weighted by Crippen LogP contribution is 2.51. The lowest BCUT2D eigenvalue weighted by Crippen LogP contribution is -2.23. The zero-order valence-electron chi connectivity index (χ0n) is 29.0. The van der Waals surface area contributed by atoms with Gasteiger partial charge in [0.05, 0.1) is 65.1 Å². The van der Waals surface area contributed by atoms with Gasteiger partial charge in [-0.1, -0.05) is 0 Å². The number of thiazole rings is 1. The van der Waals surface area contributed by atoms with Crippen molar-refractivity contribution in [2.45, 2.75) is 33.1 Å². The van der Waals surface area contributed by atoms with Crippen molar-refractivity contribution < 1.29 is 56.5 Å². The Labute approximate surface area is 299 Å². The number of esters is 1. The molecule has 3 heterocycles. The average Bonchev–Trinajstić information content (AvgIpc) is 3.85. The van der Waals surface area contributed by atoms with E-state index in [4.69, 9.17) is 28.0 Å². The van der Waals surface area contributed by atoms with Crippen LogP contribution in [0.3, 0.4) is 0 Å². The van der Waals surface area contributed by atoms with E-state index in [1.165, 1.54) is 32.7 Å². The Hall–Kier alpha value is -4.70. The molecule has 0 aliphatic carbocycles. The van der Waals surface area contributed by atoms with Crippen LogP contribution in [0.1, 0.15) is 51.4 Å². The van der Waals surface area contributed by atoms with Gasteiger partial charge in [-0.3, -0.25) is 14.7 Å². The Bertz CT molecular complexity index is 1740. The van der Waals surface area contributed by atoms with Crippen molar-refractivity contribution in [1.29, 1.82) is 0 Å². The molecule has 3 amide bonds. The number of nitrogens with one attached hydrogen (secondary N) is 1. The fraction of sp³-hybridized carbons (Fsp3) is 0.424. The van der Waals surface area contributed by atoms with E-state index in [-0.39, 0.29) is 37.5 Å². The minimum Gasteiger partial charge on any atom is -0.497 e. The molecule has 3 aromatic rings. The van der Waals surface area contributed by atoms with Gasteiger partial charge in [0.1, 0.15) is 24.7 Å². The predicted octanol–water partition coefficient (Wildman–Crippen LogP) is 5.56. The van der Waals surface area contributed by atoms with Gasteiger partial charge in [-0.2, -0.15) is 0 Å². The van der Waals surface area contributed by atoms with Crippen molar-refractivity contribution in [3.63, 3.8) is 0 Å². The summed E-state index contributed by atoms with van der Waals surface area (Å²) in [6.45, 7) is 6.48. The Morgan fingerprint density at radius 2 is 1.37 bits per heavy atom. The molecule has 0 atom stereocenters. The zero-order valence-corrected chi connectivity index (χ0v) is 30.7. The van der Waals surface area contributed by atoms with Crippen LogP contribution in [0.5, 0.6) is 11.5 Å². The fourth-order valence-corrected chi connectivity index (χ4v) is 7.44. The Morgan fingerprint density at radius 3 is 1.84 bits per heavy atom. The van der Waals surface area contributed by atoms with Crippen LogP contribution in [0.15, 0.2) is 41.8 Å². The summed E-state index contributed by atoms with van der Waals surface area (Å²) in [7, 11) is 1.06. The molecule has 0 unspecified atom stereocenters. The number of carbonyl (C=O) groups excluding carboxylic acids is 4. The van der Waals surface area contributed by atoms with Crippen LogP contribution >= 0.6 is 18.9 Å². The highest BCUT2D eigenvalue weighted by Gasteiger charge is 2.27. The first-order valence-electron chi connectivity index (χ1n) is 15.9. The summed E-state index contributed by atoms with van der Waals surface area (Å²) in [6, 6.07) is 10.1. The molecular formula is C33H41N4O12PS. The molecule has 0 radical (unpaired) electrons.